The van der Waals surface area contributed by atoms with E-state index in [-0.39, 0.29) is 16.7 Å². The summed E-state index contributed by atoms with van der Waals surface area (Å²) in [4.78, 5) is 50.4. The third-order valence-corrected chi connectivity index (χ3v) is 5.16. The van der Waals surface area contributed by atoms with Crippen LogP contribution >= 0.6 is 11.6 Å². The van der Waals surface area contributed by atoms with E-state index in [4.69, 9.17) is 4.74 Å². The molecule has 9 nitrogen and oxygen atoms in total. The van der Waals surface area contributed by atoms with Crippen molar-refractivity contribution in [1.29, 1.82) is 0 Å². The van der Waals surface area contributed by atoms with Gasteiger partial charge in [-0.25, -0.2) is 4.98 Å². The Morgan fingerprint density at radius 3 is 2.37 bits per heavy atom. The predicted molar refractivity (Wildman–Crippen MR) is 133 cm³/mol. The molecule has 35 heavy (non-hydrogen) atoms. The first-order chi connectivity index (χ1) is 16.7. The quantitative estimate of drug-likeness (QED) is 0.295. The number of aromatic nitrogens is 2. The van der Waals surface area contributed by atoms with Gasteiger partial charge in [-0.1, -0.05) is 18.2 Å². The molecule has 1 aliphatic heterocycles. The van der Waals surface area contributed by atoms with Crippen LogP contribution in [0.15, 0.2) is 48.8 Å². The lowest BCUT2D eigenvalue weighted by Crippen LogP contribution is -2.22. The van der Waals surface area contributed by atoms with Gasteiger partial charge in [-0.15, -0.1) is 0 Å². The Kier molecular flexibility index (Phi) is 8.38. The second-order valence-electron chi connectivity index (χ2n) is 7.65. The van der Waals surface area contributed by atoms with Crippen molar-refractivity contribution in [1.82, 2.24) is 20.2 Å². The van der Waals surface area contributed by atoms with Crippen LogP contribution in [0.5, 0.6) is 5.75 Å². The van der Waals surface area contributed by atoms with Crippen LogP contribution in [-0.2, 0) is 25.7 Å². The topological polar surface area (TPSA) is 119 Å². The van der Waals surface area contributed by atoms with Crippen molar-refractivity contribution in [3.8, 4) is 5.75 Å². The second kappa shape index (κ2) is 11.4. The molecule has 0 atom stereocenters. The summed E-state index contributed by atoms with van der Waals surface area (Å²) in [7, 11) is 1.53. The highest BCUT2D eigenvalue weighted by atomic mass is 35.5. The maximum Gasteiger partial charge on any atom is 0.259 e. The fourth-order valence-corrected chi connectivity index (χ4v) is 3.83. The molecule has 3 amide bonds. The highest BCUT2D eigenvalue weighted by Gasteiger charge is 2.35. The molecule has 4 rings (SSSR count). The molecule has 0 saturated carbocycles. The lowest BCUT2D eigenvalue weighted by atomic mass is 9.96. The molecule has 0 saturated heterocycles. The zero-order valence-corrected chi connectivity index (χ0v) is 20.3. The zero-order chi connectivity index (χ0) is 25.5. The first kappa shape index (κ1) is 25.6. The van der Waals surface area contributed by atoms with E-state index >= 15 is 0 Å². The summed E-state index contributed by atoms with van der Waals surface area (Å²) < 4.78 is 7.37. The minimum Gasteiger partial charge on any atom is -0.496 e. The molecule has 3 heterocycles. The van der Waals surface area contributed by atoms with Crippen LogP contribution in [-0.4, -0.2) is 46.2 Å². The molecule has 10 heteroatoms. The van der Waals surface area contributed by atoms with Gasteiger partial charge in [-0.2, -0.15) is 0 Å². The van der Waals surface area contributed by atoms with Crippen molar-refractivity contribution in [2.24, 2.45) is 0 Å². The van der Waals surface area contributed by atoms with Gasteiger partial charge in [0.2, 0.25) is 11.1 Å². The van der Waals surface area contributed by atoms with Gasteiger partial charge in [-0.3, -0.25) is 24.5 Å². The number of imide groups is 1. The van der Waals surface area contributed by atoms with Crippen LogP contribution in [0.4, 0.5) is 0 Å². The van der Waals surface area contributed by atoms with Crippen molar-refractivity contribution in [2.75, 3.05) is 13.7 Å². The molecule has 1 aliphatic rings. The van der Waals surface area contributed by atoms with Crippen LogP contribution in [0.3, 0.4) is 0 Å². The van der Waals surface area contributed by atoms with E-state index in [0.29, 0.717) is 47.6 Å². The van der Waals surface area contributed by atoms with Crippen molar-refractivity contribution < 1.29 is 23.9 Å². The van der Waals surface area contributed by atoms with Crippen molar-refractivity contribution in [3.05, 3.63) is 59.9 Å². The number of halogens is 1. The van der Waals surface area contributed by atoms with Gasteiger partial charge in [0.05, 0.1) is 18.3 Å². The monoisotopic (exact) mass is 496 g/mol. The molecule has 0 bridgehead atoms. The molecule has 182 valence electrons. The molecule has 2 N–H and O–H groups in total. The van der Waals surface area contributed by atoms with Gasteiger partial charge < -0.3 is 14.6 Å². The van der Waals surface area contributed by atoms with Crippen LogP contribution in [0.2, 0.25) is 0 Å². The minimum absolute atomic E-state index is 0.0797. The number of rotatable bonds is 7. The number of nitrogens with one attached hydrogen (secondary N) is 2. The Morgan fingerprint density at radius 2 is 1.71 bits per heavy atom. The number of carbonyl (C=O) groups is 4. The molecule has 0 unspecified atom stereocenters. The van der Waals surface area contributed by atoms with E-state index in [9.17, 15) is 19.2 Å². The van der Waals surface area contributed by atoms with Crippen LogP contribution in [0, 0.1) is 0 Å². The average molecular weight is 497 g/mol. The fourth-order valence-electron chi connectivity index (χ4n) is 3.83. The van der Waals surface area contributed by atoms with Gasteiger partial charge in [0.25, 0.3) is 11.8 Å². The van der Waals surface area contributed by atoms with Gasteiger partial charge in [-0.05, 0) is 36.2 Å². The Bertz CT molecular complexity index is 1320. The lowest BCUT2D eigenvalue weighted by Gasteiger charge is -2.09. The summed E-state index contributed by atoms with van der Waals surface area (Å²) in [5, 5.41) is 5.61. The number of para-hydroxylation sites is 1. The van der Waals surface area contributed by atoms with Gasteiger partial charge >= 0.3 is 0 Å². The first-order valence-corrected chi connectivity index (χ1v) is 11.2. The van der Waals surface area contributed by atoms with E-state index in [0.717, 1.165) is 5.39 Å². The highest BCUT2D eigenvalue weighted by Crippen LogP contribution is 2.38. The van der Waals surface area contributed by atoms with Gasteiger partial charge in [0.15, 0.2) is 0 Å². The molecule has 0 radical (unpaired) electrons. The molecule has 0 aliphatic carbocycles. The third-order valence-electron chi connectivity index (χ3n) is 5.16. The number of aryl methyl sites for hydroxylation is 1. The van der Waals surface area contributed by atoms with Crippen LogP contribution < -0.4 is 15.4 Å². The largest absolute Gasteiger partial charge is 0.496 e. The average Bonchev–Trinajstić information content (AvgIpc) is 3.32. The molecule has 0 spiro atoms. The number of methoxy groups -OCH3 is 1. The Hall–Kier alpha value is -3.98. The summed E-state index contributed by atoms with van der Waals surface area (Å²) in [6.07, 6.45) is 4.23. The van der Waals surface area contributed by atoms with E-state index < -0.39 is 11.8 Å². The van der Waals surface area contributed by atoms with E-state index in [2.05, 4.69) is 27.2 Å². The van der Waals surface area contributed by atoms with Crippen molar-refractivity contribution in [2.45, 2.75) is 26.8 Å². The molecule has 1 aromatic carbocycles. The zero-order valence-electron chi connectivity index (χ0n) is 19.6. The molecular weight excluding hydrogens is 472 g/mol. The van der Waals surface area contributed by atoms with Crippen molar-refractivity contribution in [3.63, 3.8) is 0 Å². The number of pyridine rings is 1. The molecule has 0 fully saturated rings. The maximum absolute atomic E-state index is 12.8. The number of nitrogens with zero attached hydrogens (tertiary/aromatic N) is 2. The summed E-state index contributed by atoms with van der Waals surface area (Å²) >= 11 is 4.64. The molecular formula is C25H25ClN4O5. The first-order valence-electron chi connectivity index (χ1n) is 10.8. The van der Waals surface area contributed by atoms with E-state index in [1.807, 2.05) is 22.9 Å². The molecule has 3 aromatic rings. The number of fused-ring (bicyclic) bond motifs is 1. The summed E-state index contributed by atoms with van der Waals surface area (Å²) in [6, 6.07) is 10.8. The Labute approximate surface area is 207 Å². The van der Waals surface area contributed by atoms with Crippen LogP contribution in [0.25, 0.3) is 22.2 Å². The maximum atomic E-state index is 12.8. The SMILES string of the molecule is CC(=O)Cl.COc1ccccc1C1=C(c2cn(CCCNC(C)=O)c3ncccc23)C(=O)NC1=O. The summed E-state index contributed by atoms with van der Waals surface area (Å²) in [6.45, 7) is 3.90. The Balaban J connectivity index is 0.000000795. The van der Waals surface area contributed by atoms with Crippen LogP contribution in [0.1, 0.15) is 31.4 Å². The van der Waals surface area contributed by atoms with Crippen molar-refractivity contribution >= 4 is 56.7 Å². The number of ether oxygens (including phenoxy) is 1. The van der Waals surface area contributed by atoms with Gasteiger partial charge in [0.1, 0.15) is 11.4 Å². The second-order valence-corrected chi connectivity index (χ2v) is 8.18. The third kappa shape index (κ3) is 5.93. The number of carbonyl (C=O) groups excluding carboxylic acids is 4. The number of hydrogen-bond acceptors (Lipinski definition) is 6. The standard InChI is InChI=1S/C23H22N4O4.C2H3ClO/c1-14(28)24-11-6-12-27-13-17(15-8-5-10-25-21(15)27)20-19(22(29)26-23(20)30)16-7-3-4-9-18(16)31-2;1-2(3)4/h3-5,7-10,13H,6,11-12H2,1-2H3,(H,24,28)(H,26,29,30);1H3. The predicted octanol–water partition coefficient (Wildman–Crippen LogP) is 2.91. The summed E-state index contributed by atoms with van der Waals surface area (Å²) in [5.41, 5.74) is 2.47. The highest BCUT2D eigenvalue weighted by molar-refractivity contribution is 6.62. The van der Waals surface area contributed by atoms with Gasteiger partial charge in [0, 0.05) is 55.8 Å². The lowest BCUT2D eigenvalue weighted by molar-refractivity contribution is -0.123. The number of hydrogen-bond donors (Lipinski definition) is 2. The number of benzene rings is 1. The smallest absolute Gasteiger partial charge is 0.259 e. The summed E-state index contributed by atoms with van der Waals surface area (Å²) in [5.74, 6) is -0.479. The normalized spacial score (nSPS) is 12.8. The minimum atomic E-state index is -0.458. The molecule has 2 aromatic heterocycles. The van der Waals surface area contributed by atoms with E-state index in [1.54, 1.807) is 30.5 Å². The number of amides is 3. The van der Waals surface area contributed by atoms with E-state index in [1.165, 1.54) is 21.0 Å². The Morgan fingerprint density at radius 1 is 1.06 bits per heavy atom. The fraction of sp³-hybridized carbons (Fsp3) is 0.240.